The number of nitrogens with one attached hydrogen (secondary N) is 1. The van der Waals surface area contributed by atoms with Crippen LogP contribution in [0.1, 0.15) is 12.8 Å². The van der Waals surface area contributed by atoms with Gasteiger partial charge in [0.1, 0.15) is 0 Å². The van der Waals surface area contributed by atoms with E-state index in [0.29, 0.717) is 5.92 Å². The summed E-state index contributed by atoms with van der Waals surface area (Å²) in [5.41, 5.74) is 0. The van der Waals surface area contributed by atoms with E-state index in [-0.39, 0.29) is 6.10 Å². The molecule has 94 valence electrons. The molecule has 2 fully saturated rings. The number of hydrogen-bond donors (Lipinski definition) is 2. The Hall–Kier alpha value is -0.160. The lowest BCUT2D eigenvalue weighted by Gasteiger charge is -2.36. The van der Waals surface area contributed by atoms with Crippen molar-refractivity contribution in [1.29, 1.82) is 0 Å². The third-order valence-corrected chi connectivity index (χ3v) is 3.92. The first kappa shape index (κ1) is 12.3. The van der Waals surface area contributed by atoms with Crippen molar-refractivity contribution in [3.63, 3.8) is 0 Å². The molecule has 2 unspecified atom stereocenters. The van der Waals surface area contributed by atoms with E-state index in [1.165, 1.54) is 12.8 Å². The summed E-state index contributed by atoms with van der Waals surface area (Å²) in [6.07, 6.45) is 2.25. The number of piperidine rings is 1. The Morgan fingerprint density at radius 2 is 2.06 bits per heavy atom. The van der Waals surface area contributed by atoms with Gasteiger partial charge in [0.05, 0.1) is 6.10 Å². The van der Waals surface area contributed by atoms with Gasteiger partial charge in [-0.15, -0.1) is 0 Å². The molecule has 2 rings (SSSR count). The van der Waals surface area contributed by atoms with E-state index >= 15 is 0 Å². The van der Waals surface area contributed by atoms with Crippen LogP contribution in [0.4, 0.5) is 0 Å². The van der Waals surface area contributed by atoms with E-state index in [2.05, 4.69) is 22.2 Å². The highest BCUT2D eigenvalue weighted by Crippen LogP contribution is 2.15. The van der Waals surface area contributed by atoms with Crippen LogP contribution in [0.25, 0.3) is 0 Å². The van der Waals surface area contributed by atoms with Crippen LogP contribution in [0, 0.1) is 5.92 Å². The van der Waals surface area contributed by atoms with Crippen molar-refractivity contribution in [2.24, 2.45) is 5.92 Å². The maximum Gasteiger partial charge on any atom is 0.0707 e. The Morgan fingerprint density at radius 1 is 1.31 bits per heavy atom. The highest BCUT2D eigenvalue weighted by molar-refractivity contribution is 4.80. The van der Waals surface area contributed by atoms with Gasteiger partial charge in [0, 0.05) is 39.3 Å². The molecule has 4 nitrogen and oxygen atoms in total. The fraction of sp³-hybridized carbons (Fsp3) is 1.00. The van der Waals surface area contributed by atoms with Gasteiger partial charge in [0.15, 0.2) is 0 Å². The molecule has 2 heterocycles. The van der Waals surface area contributed by atoms with E-state index in [0.717, 1.165) is 45.8 Å². The molecule has 2 aliphatic heterocycles. The SMILES string of the molecule is CN1CCN(CC(O)C2CCCNC2)CC1. The molecule has 0 aromatic heterocycles. The first-order valence-electron chi connectivity index (χ1n) is 6.55. The number of hydrogen-bond acceptors (Lipinski definition) is 4. The summed E-state index contributed by atoms with van der Waals surface area (Å²) >= 11 is 0. The molecule has 16 heavy (non-hydrogen) atoms. The van der Waals surface area contributed by atoms with Crippen molar-refractivity contribution in [3.8, 4) is 0 Å². The summed E-state index contributed by atoms with van der Waals surface area (Å²) in [6.45, 7) is 7.46. The highest BCUT2D eigenvalue weighted by atomic mass is 16.3. The van der Waals surface area contributed by atoms with Gasteiger partial charge in [0.2, 0.25) is 0 Å². The number of rotatable bonds is 3. The van der Waals surface area contributed by atoms with Crippen LogP contribution in [0.2, 0.25) is 0 Å². The minimum atomic E-state index is -0.142. The Morgan fingerprint density at radius 3 is 2.69 bits per heavy atom. The third-order valence-electron chi connectivity index (χ3n) is 3.92. The number of aliphatic hydroxyl groups is 1. The van der Waals surface area contributed by atoms with Gasteiger partial charge < -0.3 is 15.3 Å². The second-order valence-electron chi connectivity index (χ2n) is 5.28. The number of likely N-dealkylation sites (N-methyl/N-ethyl adjacent to an activating group) is 1. The average Bonchev–Trinajstić information content (AvgIpc) is 2.33. The Kier molecular flexibility index (Phi) is 4.58. The fourth-order valence-corrected chi connectivity index (χ4v) is 2.65. The van der Waals surface area contributed by atoms with Gasteiger partial charge in [-0.1, -0.05) is 0 Å². The van der Waals surface area contributed by atoms with Crippen molar-refractivity contribution in [2.45, 2.75) is 18.9 Å². The minimum absolute atomic E-state index is 0.142. The van der Waals surface area contributed by atoms with Crippen molar-refractivity contribution in [1.82, 2.24) is 15.1 Å². The molecule has 0 spiro atoms. The molecule has 2 atom stereocenters. The zero-order chi connectivity index (χ0) is 11.4. The Labute approximate surface area is 98.6 Å². The molecule has 0 bridgehead atoms. The highest BCUT2D eigenvalue weighted by Gasteiger charge is 2.24. The summed E-state index contributed by atoms with van der Waals surface area (Å²) in [5, 5.41) is 13.6. The number of piperazine rings is 1. The molecular weight excluding hydrogens is 202 g/mol. The normalized spacial score (nSPS) is 31.5. The number of aliphatic hydroxyl groups excluding tert-OH is 1. The molecule has 2 saturated heterocycles. The van der Waals surface area contributed by atoms with Crippen LogP contribution < -0.4 is 5.32 Å². The topological polar surface area (TPSA) is 38.7 Å². The van der Waals surface area contributed by atoms with Crippen molar-refractivity contribution in [2.75, 3.05) is 52.9 Å². The summed E-state index contributed by atoms with van der Waals surface area (Å²) in [5.74, 6) is 0.466. The maximum atomic E-state index is 10.2. The molecule has 0 radical (unpaired) electrons. The monoisotopic (exact) mass is 227 g/mol. The van der Waals surface area contributed by atoms with Gasteiger partial charge in [-0.2, -0.15) is 0 Å². The van der Waals surface area contributed by atoms with E-state index in [1.54, 1.807) is 0 Å². The first-order valence-corrected chi connectivity index (χ1v) is 6.55. The average molecular weight is 227 g/mol. The van der Waals surface area contributed by atoms with E-state index < -0.39 is 0 Å². The molecule has 0 amide bonds. The van der Waals surface area contributed by atoms with Crippen LogP contribution in [0.3, 0.4) is 0 Å². The minimum Gasteiger partial charge on any atom is -0.391 e. The van der Waals surface area contributed by atoms with Gasteiger partial charge in [-0.3, -0.25) is 4.90 Å². The van der Waals surface area contributed by atoms with Crippen LogP contribution in [0.15, 0.2) is 0 Å². The second-order valence-corrected chi connectivity index (χ2v) is 5.28. The van der Waals surface area contributed by atoms with E-state index in [9.17, 15) is 5.11 Å². The second kappa shape index (κ2) is 5.96. The Bertz CT molecular complexity index is 198. The largest absolute Gasteiger partial charge is 0.391 e. The maximum absolute atomic E-state index is 10.2. The third kappa shape index (κ3) is 3.42. The lowest BCUT2D eigenvalue weighted by molar-refractivity contribution is 0.0373. The fourth-order valence-electron chi connectivity index (χ4n) is 2.65. The number of β-amino-alcohol motifs (C(OH)–C–C–N with tert-alkyl or cyclic N) is 1. The van der Waals surface area contributed by atoms with E-state index in [4.69, 9.17) is 0 Å². The molecule has 4 heteroatoms. The van der Waals surface area contributed by atoms with Gasteiger partial charge >= 0.3 is 0 Å². The molecule has 0 aromatic carbocycles. The van der Waals surface area contributed by atoms with Gasteiger partial charge in [0.25, 0.3) is 0 Å². The van der Waals surface area contributed by atoms with Crippen LogP contribution in [-0.2, 0) is 0 Å². The van der Waals surface area contributed by atoms with Crippen LogP contribution in [-0.4, -0.2) is 73.9 Å². The first-order chi connectivity index (χ1) is 7.75. The molecule has 2 N–H and O–H groups in total. The van der Waals surface area contributed by atoms with Gasteiger partial charge in [-0.25, -0.2) is 0 Å². The van der Waals surface area contributed by atoms with Crippen LogP contribution >= 0.6 is 0 Å². The van der Waals surface area contributed by atoms with E-state index in [1.807, 2.05) is 0 Å². The lowest BCUT2D eigenvalue weighted by atomic mass is 9.93. The summed E-state index contributed by atoms with van der Waals surface area (Å²) in [6, 6.07) is 0. The molecular formula is C12H25N3O. The lowest BCUT2D eigenvalue weighted by Crippen LogP contribution is -2.49. The molecule has 0 saturated carbocycles. The summed E-state index contributed by atoms with van der Waals surface area (Å²) in [7, 11) is 2.17. The van der Waals surface area contributed by atoms with Gasteiger partial charge in [-0.05, 0) is 32.4 Å². The molecule has 2 aliphatic rings. The zero-order valence-electron chi connectivity index (χ0n) is 10.4. The Balaban J connectivity index is 1.71. The van der Waals surface area contributed by atoms with Crippen LogP contribution in [0.5, 0.6) is 0 Å². The quantitative estimate of drug-likeness (QED) is 0.688. The van der Waals surface area contributed by atoms with Crippen molar-refractivity contribution >= 4 is 0 Å². The van der Waals surface area contributed by atoms with Crippen molar-refractivity contribution in [3.05, 3.63) is 0 Å². The summed E-state index contributed by atoms with van der Waals surface area (Å²) < 4.78 is 0. The predicted octanol–water partition coefficient (Wildman–Crippen LogP) is -0.406. The molecule has 0 aliphatic carbocycles. The predicted molar refractivity (Wildman–Crippen MR) is 65.5 cm³/mol. The summed E-state index contributed by atoms with van der Waals surface area (Å²) in [4.78, 5) is 4.75. The smallest absolute Gasteiger partial charge is 0.0707 e. The molecule has 0 aromatic rings. The standard InChI is InChI=1S/C12H25N3O/c1-14-5-7-15(8-6-14)10-12(16)11-3-2-4-13-9-11/h11-13,16H,2-10H2,1H3. The number of nitrogens with zero attached hydrogens (tertiary/aromatic N) is 2. The zero-order valence-corrected chi connectivity index (χ0v) is 10.4. The van der Waals surface area contributed by atoms with Crippen molar-refractivity contribution < 1.29 is 5.11 Å².